The number of hydrogen-bond acceptors (Lipinski definition) is 6. The summed E-state index contributed by atoms with van der Waals surface area (Å²) < 4.78 is 7.46. The van der Waals surface area contributed by atoms with Gasteiger partial charge in [0.05, 0.1) is 19.3 Å². The van der Waals surface area contributed by atoms with Gasteiger partial charge < -0.3 is 4.52 Å². The molecular formula is C16H19N5OS. The molecule has 0 amide bonds. The number of nitrogens with zero attached hydrogens (tertiary/aromatic N) is 5. The maximum atomic E-state index is 5.43. The average Bonchev–Trinajstić information content (AvgIpc) is 3.29. The van der Waals surface area contributed by atoms with Crippen molar-refractivity contribution in [3.8, 4) is 11.4 Å². The predicted molar refractivity (Wildman–Crippen MR) is 88.0 cm³/mol. The van der Waals surface area contributed by atoms with Crippen LogP contribution in [0.1, 0.15) is 24.3 Å². The summed E-state index contributed by atoms with van der Waals surface area (Å²) in [5, 5.41) is 12.5. The summed E-state index contributed by atoms with van der Waals surface area (Å²) in [5.74, 6) is 1.37. The molecule has 0 aliphatic carbocycles. The number of likely N-dealkylation sites (tertiary alicyclic amines) is 1. The van der Waals surface area contributed by atoms with Crippen LogP contribution in [-0.4, -0.2) is 37.4 Å². The molecule has 3 aromatic rings. The molecule has 120 valence electrons. The van der Waals surface area contributed by atoms with Gasteiger partial charge in [-0.3, -0.25) is 9.58 Å². The molecule has 0 aromatic carbocycles. The fourth-order valence-electron chi connectivity index (χ4n) is 3.09. The second-order valence-corrected chi connectivity index (χ2v) is 6.81. The Labute approximate surface area is 138 Å². The van der Waals surface area contributed by atoms with Crippen molar-refractivity contribution in [2.45, 2.75) is 38.9 Å². The lowest BCUT2D eigenvalue weighted by Gasteiger charge is -2.22. The highest BCUT2D eigenvalue weighted by atomic mass is 32.1. The molecule has 1 saturated heterocycles. The molecule has 0 saturated carbocycles. The number of rotatable bonds is 5. The van der Waals surface area contributed by atoms with E-state index in [1.807, 2.05) is 27.7 Å². The summed E-state index contributed by atoms with van der Waals surface area (Å²) in [5.41, 5.74) is 2.22. The standard InChI is InChI=1S/C16H19N5OS/c1-12-7-17-21(8-12)9-14-3-2-5-20(14)10-15-18-16(19-22-15)13-4-6-23-11-13/h4,6-8,11,14H,2-3,5,9-10H2,1H3. The smallest absolute Gasteiger partial charge is 0.241 e. The normalized spacial score (nSPS) is 18.7. The number of thiophene rings is 1. The zero-order valence-corrected chi connectivity index (χ0v) is 13.9. The van der Waals surface area contributed by atoms with Crippen molar-refractivity contribution in [2.24, 2.45) is 0 Å². The maximum Gasteiger partial charge on any atom is 0.241 e. The number of hydrogen-bond donors (Lipinski definition) is 0. The van der Waals surface area contributed by atoms with Crippen LogP contribution in [0.25, 0.3) is 11.4 Å². The molecule has 6 nitrogen and oxygen atoms in total. The van der Waals surface area contributed by atoms with Gasteiger partial charge in [0.2, 0.25) is 11.7 Å². The highest BCUT2D eigenvalue weighted by Gasteiger charge is 2.26. The molecule has 0 N–H and O–H groups in total. The summed E-state index contributed by atoms with van der Waals surface area (Å²) in [7, 11) is 0. The molecule has 1 unspecified atom stereocenters. The minimum absolute atomic E-state index is 0.478. The van der Waals surface area contributed by atoms with Gasteiger partial charge in [-0.25, -0.2) is 0 Å². The summed E-state index contributed by atoms with van der Waals surface area (Å²) in [4.78, 5) is 6.95. The highest BCUT2D eigenvalue weighted by molar-refractivity contribution is 7.08. The van der Waals surface area contributed by atoms with Gasteiger partial charge in [-0.05, 0) is 43.3 Å². The van der Waals surface area contributed by atoms with Crippen LogP contribution in [0.2, 0.25) is 0 Å². The van der Waals surface area contributed by atoms with E-state index >= 15 is 0 Å². The van der Waals surface area contributed by atoms with E-state index in [0.29, 0.717) is 24.3 Å². The first-order valence-electron chi connectivity index (χ1n) is 7.86. The maximum absolute atomic E-state index is 5.43. The first kappa shape index (κ1) is 14.6. The Kier molecular flexibility index (Phi) is 3.97. The van der Waals surface area contributed by atoms with Crippen LogP contribution in [-0.2, 0) is 13.1 Å². The average molecular weight is 329 g/mol. The quantitative estimate of drug-likeness (QED) is 0.720. The molecule has 0 spiro atoms. The molecule has 4 heterocycles. The number of aryl methyl sites for hydroxylation is 1. The number of aromatic nitrogens is 4. The van der Waals surface area contributed by atoms with Gasteiger partial charge in [0, 0.05) is 23.2 Å². The van der Waals surface area contributed by atoms with E-state index < -0.39 is 0 Å². The van der Waals surface area contributed by atoms with E-state index in [1.165, 1.54) is 18.4 Å². The van der Waals surface area contributed by atoms with Crippen LogP contribution >= 0.6 is 11.3 Å². The monoisotopic (exact) mass is 329 g/mol. The van der Waals surface area contributed by atoms with E-state index in [-0.39, 0.29) is 0 Å². The van der Waals surface area contributed by atoms with Crippen LogP contribution in [0.5, 0.6) is 0 Å². The Morgan fingerprint density at radius 1 is 1.43 bits per heavy atom. The SMILES string of the molecule is Cc1cnn(CC2CCCN2Cc2nc(-c3ccsc3)no2)c1. The predicted octanol–water partition coefficient (Wildman–Crippen LogP) is 2.97. The molecule has 1 aliphatic heterocycles. The Balaban J connectivity index is 1.43. The van der Waals surface area contributed by atoms with E-state index in [1.54, 1.807) is 11.3 Å². The summed E-state index contributed by atoms with van der Waals surface area (Å²) in [6.45, 7) is 4.77. The highest BCUT2D eigenvalue weighted by Crippen LogP contribution is 2.23. The minimum atomic E-state index is 0.478. The van der Waals surface area contributed by atoms with Crippen molar-refractivity contribution in [2.75, 3.05) is 6.54 Å². The van der Waals surface area contributed by atoms with Crippen molar-refractivity contribution in [1.82, 2.24) is 24.8 Å². The van der Waals surface area contributed by atoms with E-state index in [9.17, 15) is 0 Å². The molecule has 0 radical (unpaired) electrons. The van der Waals surface area contributed by atoms with Gasteiger partial charge in [0.25, 0.3) is 0 Å². The second kappa shape index (κ2) is 6.25. The fourth-order valence-corrected chi connectivity index (χ4v) is 3.73. The lowest BCUT2D eigenvalue weighted by Crippen LogP contribution is -2.32. The van der Waals surface area contributed by atoms with Gasteiger partial charge in [-0.1, -0.05) is 5.16 Å². The zero-order chi connectivity index (χ0) is 15.6. The molecular weight excluding hydrogens is 310 g/mol. The Morgan fingerprint density at radius 3 is 3.17 bits per heavy atom. The van der Waals surface area contributed by atoms with Crippen molar-refractivity contribution in [3.05, 3.63) is 40.7 Å². The lowest BCUT2D eigenvalue weighted by molar-refractivity contribution is 0.192. The van der Waals surface area contributed by atoms with Gasteiger partial charge in [0.15, 0.2) is 0 Å². The van der Waals surface area contributed by atoms with Gasteiger partial charge in [-0.2, -0.15) is 21.4 Å². The Morgan fingerprint density at radius 2 is 2.39 bits per heavy atom. The summed E-state index contributed by atoms with van der Waals surface area (Å²) in [6, 6.07) is 2.49. The first-order chi connectivity index (χ1) is 11.3. The molecule has 1 atom stereocenters. The Hall–Kier alpha value is -1.99. The fraction of sp³-hybridized carbons (Fsp3) is 0.438. The third kappa shape index (κ3) is 3.20. The molecule has 23 heavy (non-hydrogen) atoms. The largest absolute Gasteiger partial charge is 0.338 e. The van der Waals surface area contributed by atoms with Crippen LogP contribution in [0.15, 0.2) is 33.7 Å². The summed E-state index contributed by atoms with van der Waals surface area (Å²) in [6.07, 6.45) is 6.39. The topological polar surface area (TPSA) is 60.0 Å². The van der Waals surface area contributed by atoms with Gasteiger partial charge in [-0.15, -0.1) is 0 Å². The third-order valence-electron chi connectivity index (χ3n) is 4.25. The first-order valence-corrected chi connectivity index (χ1v) is 8.80. The van der Waals surface area contributed by atoms with Crippen LogP contribution in [0, 0.1) is 6.92 Å². The molecule has 4 rings (SSSR count). The van der Waals surface area contributed by atoms with Crippen molar-refractivity contribution in [3.63, 3.8) is 0 Å². The van der Waals surface area contributed by atoms with Crippen LogP contribution in [0.3, 0.4) is 0 Å². The lowest BCUT2D eigenvalue weighted by atomic mass is 10.2. The van der Waals surface area contributed by atoms with Crippen molar-refractivity contribution >= 4 is 11.3 Å². The molecule has 7 heteroatoms. The Bertz CT molecular complexity index is 763. The molecule has 1 fully saturated rings. The van der Waals surface area contributed by atoms with E-state index in [4.69, 9.17) is 4.52 Å². The molecule has 3 aromatic heterocycles. The minimum Gasteiger partial charge on any atom is -0.338 e. The van der Waals surface area contributed by atoms with Crippen LogP contribution < -0.4 is 0 Å². The van der Waals surface area contributed by atoms with Crippen molar-refractivity contribution in [1.29, 1.82) is 0 Å². The van der Waals surface area contributed by atoms with Gasteiger partial charge in [0.1, 0.15) is 0 Å². The zero-order valence-electron chi connectivity index (χ0n) is 13.1. The summed E-state index contributed by atoms with van der Waals surface area (Å²) >= 11 is 1.64. The van der Waals surface area contributed by atoms with Gasteiger partial charge >= 0.3 is 0 Å². The van der Waals surface area contributed by atoms with E-state index in [2.05, 4.69) is 33.3 Å². The van der Waals surface area contributed by atoms with Crippen molar-refractivity contribution < 1.29 is 4.52 Å². The van der Waals surface area contributed by atoms with E-state index in [0.717, 1.165) is 18.7 Å². The second-order valence-electron chi connectivity index (χ2n) is 6.03. The van der Waals surface area contributed by atoms with Crippen LogP contribution in [0.4, 0.5) is 0 Å². The molecule has 1 aliphatic rings. The molecule has 0 bridgehead atoms. The third-order valence-corrected chi connectivity index (χ3v) is 4.93.